The van der Waals surface area contributed by atoms with E-state index in [0.717, 1.165) is 33.9 Å². The Morgan fingerprint density at radius 1 is 0.972 bits per heavy atom. The minimum atomic E-state index is -0.252. The van der Waals surface area contributed by atoms with Gasteiger partial charge in [0.05, 0.1) is 28.8 Å². The number of carbonyl (C=O) groups excluding carboxylic acids is 1. The molecule has 0 fully saturated rings. The third kappa shape index (κ3) is 4.94. The molecule has 1 amide bonds. The molecule has 178 valence electrons. The molecule has 3 aromatic heterocycles. The molecular formula is C27H22ClN7O. The second-order valence-corrected chi connectivity index (χ2v) is 8.58. The van der Waals surface area contributed by atoms with Gasteiger partial charge in [-0.3, -0.25) is 9.78 Å². The van der Waals surface area contributed by atoms with Crippen molar-refractivity contribution in [3.63, 3.8) is 0 Å². The first kappa shape index (κ1) is 23.2. The van der Waals surface area contributed by atoms with Crippen molar-refractivity contribution >= 4 is 34.8 Å². The summed E-state index contributed by atoms with van der Waals surface area (Å²) in [6.45, 7) is 3.82. The SMILES string of the molecule is Cc1ccc(NC(=O)c2cnn(-c3ccc(Cl)cc3)c2C)cc1Nc1nccc(-c2cccnc2)n1. The molecule has 0 aliphatic rings. The van der Waals surface area contributed by atoms with Gasteiger partial charge in [-0.15, -0.1) is 0 Å². The molecule has 3 heterocycles. The highest BCUT2D eigenvalue weighted by molar-refractivity contribution is 6.30. The molecule has 0 radical (unpaired) electrons. The average Bonchev–Trinajstić information content (AvgIpc) is 3.28. The summed E-state index contributed by atoms with van der Waals surface area (Å²) in [5, 5.41) is 11.2. The molecule has 5 rings (SSSR count). The molecule has 8 nitrogen and oxygen atoms in total. The van der Waals surface area contributed by atoms with Crippen LogP contribution in [0.5, 0.6) is 0 Å². The molecule has 36 heavy (non-hydrogen) atoms. The zero-order valence-electron chi connectivity index (χ0n) is 19.6. The third-order valence-corrected chi connectivity index (χ3v) is 5.93. The van der Waals surface area contributed by atoms with Gasteiger partial charge < -0.3 is 10.6 Å². The highest BCUT2D eigenvalue weighted by atomic mass is 35.5. The maximum atomic E-state index is 13.1. The number of amides is 1. The lowest BCUT2D eigenvalue weighted by molar-refractivity contribution is 0.102. The number of halogens is 1. The van der Waals surface area contributed by atoms with Gasteiger partial charge in [0, 0.05) is 40.6 Å². The number of nitrogens with zero attached hydrogens (tertiary/aromatic N) is 5. The summed E-state index contributed by atoms with van der Waals surface area (Å²) < 4.78 is 1.71. The number of benzene rings is 2. The standard InChI is InChI=1S/C27H22ClN7O/c1-17-5-8-21(14-25(17)34-27-30-13-11-24(33-27)19-4-3-12-29-15-19)32-26(36)23-16-31-35(18(23)2)22-9-6-20(28)7-10-22/h3-16H,1-2H3,(H,32,36)(H,30,33,34). The van der Waals surface area contributed by atoms with Crippen molar-refractivity contribution in [2.45, 2.75) is 13.8 Å². The number of hydrogen-bond donors (Lipinski definition) is 2. The Morgan fingerprint density at radius 3 is 2.58 bits per heavy atom. The first-order valence-electron chi connectivity index (χ1n) is 11.2. The fraction of sp³-hybridized carbons (Fsp3) is 0.0741. The van der Waals surface area contributed by atoms with Crippen LogP contribution in [0.1, 0.15) is 21.6 Å². The predicted molar refractivity (Wildman–Crippen MR) is 141 cm³/mol. The third-order valence-electron chi connectivity index (χ3n) is 5.68. The number of aryl methyl sites for hydroxylation is 1. The molecule has 9 heteroatoms. The van der Waals surface area contributed by atoms with Gasteiger partial charge in [0.1, 0.15) is 0 Å². The van der Waals surface area contributed by atoms with E-state index in [-0.39, 0.29) is 5.91 Å². The van der Waals surface area contributed by atoms with Gasteiger partial charge in [0.25, 0.3) is 5.91 Å². The fourth-order valence-electron chi connectivity index (χ4n) is 3.72. The van der Waals surface area contributed by atoms with Crippen molar-refractivity contribution in [2.24, 2.45) is 0 Å². The van der Waals surface area contributed by atoms with E-state index in [0.29, 0.717) is 22.2 Å². The van der Waals surface area contributed by atoms with Crippen LogP contribution in [0.2, 0.25) is 5.02 Å². The predicted octanol–water partition coefficient (Wildman–Crippen LogP) is 5.99. The van der Waals surface area contributed by atoms with Gasteiger partial charge >= 0.3 is 0 Å². The molecule has 0 saturated carbocycles. The summed E-state index contributed by atoms with van der Waals surface area (Å²) in [5.41, 5.74) is 6.08. The van der Waals surface area contributed by atoms with Crippen molar-refractivity contribution < 1.29 is 4.79 Å². The minimum Gasteiger partial charge on any atom is -0.324 e. The number of rotatable bonds is 6. The van der Waals surface area contributed by atoms with E-state index in [1.165, 1.54) is 0 Å². The Kier molecular flexibility index (Phi) is 6.42. The van der Waals surface area contributed by atoms with Crippen molar-refractivity contribution in [1.29, 1.82) is 0 Å². The van der Waals surface area contributed by atoms with Crippen LogP contribution in [-0.2, 0) is 0 Å². The second-order valence-electron chi connectivity index (χ2n) is 8.15. The number of nitrogens with one attached hydrogen (secondary N) is 2. The smallest absolute Gasteiger partial charge is 0.259 e. The van der Waals surface area contributed by atoms with Crippen molar-refractivity contribution in [1.82, 2.24) is 24.7 Å². The van der Waals surface area contributed by atoms with Crippen LogP contribution in [0.3, 0.4) is 0 Å². The van der Waals surface area contributed by atoms with E-state index in [9.17, 15) is 4.79 Å². The van der Waals surface area contributed by atoms with Gasteiger partial charge in [-0.05, 0) is 74.0 Å². The Bertz CT molecular complexity index is 1530. The van der Waals surface area contributed by atoms with Crippen molar-refractivity contribution in [2.75, 3.05) is 10.6 Å². The normalized spacial score (nSPS) is 10.8. The topological polar surface area (TPSA) is 97.6 Å². The highest BCUT2D eigenvalue weighted by Gasteiger charge is 2.16. The second kappa shape index (κ2) is 9.97. The lowest BCUT2D eigenvalue weighted by Gasteiger charge is -2.12. The molecule has 0 spiro atoms. The van der Waals surface area contributed by atoms with Crippen molar-refractivity contribution in [3.8, 4) is 16.9 Å². The van der Waals surface area contributed by atoms with Crippen LogP contribution in [-0.4, -0.2) is 30.6 Å². The Labute approximate surface area is 213 Å². The van der Waals surface area contributed by atoms with E-state index in [4.69, 9.17) is 11.6 Å². The Hall–Kier alpha value is -4.56. The summed E-state index contributed by atoms with van der Waals surface area (Å²) in [7, 11) is 0. The summed E-state index contributed by atoms with van der Waals surface area (Å²) in [6, 6.07) is 18.5. The molecule has 0 saturated heterocycles. The highest BCUT2D eigenvalue weighted by Crippen LogP contribution is 2.25. The van der Waals surface area contributed by atoms with Gasteiger partial charge in [-0.1, -0.05) is 17.7 Å². The van der Waals surface area contributed by atoms with Gasteiger partial charge in [-0.2, -0.15) is 5.10 Å². The lowest BCUT2D eigenvalue weighted by atomic mass is 10.1. The van der Waals surface area contributed by atoms with E-state index >= 15 is 0 Å². The molecule has 0 atom stereocenters. The maximum Gasteiger partial charge on any atom is 0.259 e. The van der Waals surface area contributed by atoms with E-state index in [1.807, 2.05) is 62.4 Å². The summed E-state index contributed by atoms with van der Waals surface area (Å²) in [6.07, 6.45) is 6.73. The van der Waals surface area contributed by atoms with Crippen LogP contribution in [0.25, 0.3) is 16.9 Å². The molecule has 0 aliphatic carbocycles. The number of pyridine rings is 1. The summed E-state index contributed by atoms with van der Waals surface area (Å²) >= 11 is 5.99. The van der Waals surface area contributed by atoms with E-state index < -0.39 is 0 Å². The molecule has 5 aromatic rings. The first-order valence-corrected chi connectivity index (χ1v) is 11.6. The monoisotopic (exact) mass is 495 g/mol. The quantitative estimate of drug-likeness (QED) is 0.300. The molecule has 2 aromatic carbocycles. The molecular weight excluding hydrogens is 474 g/mol. The maximum absolute atomic E-state index is 13.1. The zero-order valence-corrected chi connectivity index (χ0v) is 20.4. The van der Waals surface area contributed by atoms with Gasteiger partial charge in [-0.25, -0.2) is 14.6 Å². The molecule has 0 unspecified atom stereocenters. The van der Waals surface area contributed by atoms with Gasteiger partial charge in [0.15, 0.2) is 0 Å². The van der Waals surface area contributed by atoms with Crippen LogP contribution >= 0.6 is 11.6 Å². The molecule has 2 N–H and O–H groups in total. The van der Waals surface area contributed by atoms with Crippen LogP contribution in [0, 0.1) is 13.8 Å². The first-order chi connectivity index (χ1) is 17.5. The fourth-order valence-corrected chi connectivity index (χ4v) is 3.85. The van der Waals surface area contributed by atoms with Crippen molar-refractivity contribution in [3.05, 3.63) is 107 Å². The molecule has 0 bridgehead atoms. The lowest BCUT2D eigenvalue weighted by Crippen LogP contribution is -2.13. The Morgan fingerprint density at radius 2 is 1.81 bits per heavy atom. The number of hydrogen-bond acceptors (Lipinski definition) is 6. The molecule has 0 aliphatic heterocycles. The largest absolute Gasteiger partial charge is 0.324 e. The van der Waals surface area contributed by atoms with Crippen LogP contribution < -0.4 is 10.6 Å². The Balaban J connectivity index is 1.35. The van der Waals surface area contributed by atoms with E-state index in [1.54, 1.807) is 41.6 Å². The summed E-state index contributed by atoms with van der Waals surface area (Å²) in [4.78, 5) is 26.1. The number of carbonyl (C=O) groups is 1. The van der Waals surface area contributed by atoms with Gasteiger partial charge in [0.2, 0.25) is 5.95 Å². The van der Waals surface area contributed by atoms with E-state index in [2.05, 4.69) is 30.7 Å². The number of anilines is 3. The van der Waals surface area contributed by atoms with Crippen LogP contribution in [0.4, 0.5) is 17.3 Å². The minimum absolute atomic E-state index is 0.252. The summed E-state index contributed by atoms with van der Waals surface area (Å²) in [5.74, 6) is 0.195. The van der Waals surface area contributed by atoms with Crippen LogP contribution in [0.15, 0.2) is 85.5 Å². The number of aromatic nitrogens is 5. The average molecular weight is 496 g/mol. The zero-order chi connectivity index (χ0) is 25.1.